The molecule has 0 aliphatic rings. The molecule has 15 rings (SSSR count). The minimum absolute atomic E-state index is 0.0236. The molecule has 0 N–H and O–H groups in total. The molecule has 0 bridgehead atoms. The standard InChI is InChI=1S/C73H49N3O/c1-4-22-52(23-5-1)73(64-34-16-24-49-19-10-13-31-59(49)64)53-37-43-69-65(45-53)62-41-38-57(47-70(62)76(69)55-29-8-3-9-30-55)75(68-36-18-26-51-21-12-15-33-61(51)68)56-40-44-71-66(46-56)63-42-39-58(48-72(63)77-71)74(54-27-6-2-7-28-54)67-35-17-25-50-20-11-14-32-60(50)67/h1-48,73H. The first-order valence-corrected chi connectivity index (χ1v) is 26.4. The molecule has 15 aromatic rings. The molecule has 0 saturated heterocycles. The van der Waals surface area contributed by atoms with Crippen LogP contribution in [0, 0.1) is 0 Å². The first kappa shape index (κ1) is 44.3. The van der Waals surface area contributed by atoms with Gasteiger partial charge in [0.2, 0.25) is 0 Å². The van der Waals surface area contributed by atoms with Crippen molar-refractivity contribution >= 4 is 110 Å². The first-order chi connectivity index (χ1) is 38.2. The molecular formula is C73H49N3O. The van der Waals surface area contributed by atoms with Gasteiger partial charge in [0.05, 0.1) is 22.4 Å². The summed E-state index contributed by atoms with van der Waals surface area (Å²) in [5.74, 6) is 0.0236. The van der Waals surface area contributed by atoms with E-state index in [1.54, 1.807) is 0 Å². The maximum atomic E-state index is 6.83. The van der Waals surface area contributed by atoms with Crippen LogP contribution in [0.5, 0.6) is 0 Å². The summed E-state index contributed by atoms with van der Waals surface area (Å²) in [5, 5.41) is 11.7. The second-order valence-electron chi connectivity index (χ2n) is 20.0. The Morgan fingerprint density at radius 2 is 0.818 bits per heavy atom. The molecule has 362 valence electrons. The quantitative estimate of drug-likeness (QED) is 0.128. The molecule has 0 spiro atoms. The van der Waals surface area contributed by atoms with Crippen LogP contribution in [-0.4, -0.2) is 4.57 Å². The van der Waals surface area contributed by atoms with E-state index in [2.05, 4.69) is 306 Å². The Morgan fingerprint density at radius 3 is 1.52 bits per heavy atom. The van der Waals surface area contributed by atoms with Crippen LogP contribution in [0.25, 0.3) is 81.7 Å². The van der Waals surface area contributed by atoms with E-state index < -0.39 is 0 Å². The zero-order valence-corrected chi connectivity index (χ0v) is 42.0. The molecule has 2 heterocycles. The number of nitrogens with zero attached hydrogens (tertiary/aromatic N) is 3. The highest BCUT2D eigenvalue weighted by Crippen LogP contribution is 2.47. The topological polar surface area (TPSA) is 24.6 Å². The van der Waals surface area contributed by atoms with Crippen molar-refractivity contribution in [3.63, 3.8) is 0 Å². The molecule has 0 aliphatic carbocycles. The SMILES string of the molecule is c1ccc(C(c2ccc3c(c2)c2ccc(N(c4ccc5oc6cc(N(c7ccccc7)c7cccc8ccccc78)ccc6c5c4)c4cccc5ccccc45)cc2n3-c2ccccc2)c2cccc3ccccc23)cc1. The van der Waals surface area contributed by atoms with Gasteiger partial charge in [0, 0.05) is 72.7 Å². The summed E-state index contributed by atoms with van der Waals surface area (Å²) in [4.78, 5) is 4.76. The van der Waals surface area contributed by atoms with Crippen LogP contribution < -0.4 is 9.80 Å². The molecule has 13 aromatic carbocycles. The van der Waals surface area contributed by atoms with E-state index in [1.807, 2.05) is 0 Å². The summed E-state index contributed by atoms with van der Waals surface area (Å²) in [6.07, 6.45) is 0. The molecular weight excluding hydrogens is 935 g/mol. The summed E-state index contributed by atoms with van der Waals surface area (Å²) in [6.45, 7) is 0. The number of fused-ring (bicyclic) bond motifs is 9. The number of anilines is 6. The largest absolute Gasteiger partial charge is 0.456 e. The molecule has 1 unspecified atom stereocenters. The lowest BCUT2D eigenvalue weighted by Gasteiger charge is -2.27. The van der Waals surface area contributed by atoms with Gasteiger partial charge in [0.1, 0.15) is 11.2 Å². The Kier molecular flexibility index (Phi) is 10.6. The average molecular weight is 984 g/mol. The Balaban J connectivity index is 0.913. The van der Waals surface area contributed by atoms with Gasteiger partial charge in [-0.05, 0) is 129 Å². The number of hydrogen-bond acceptors (Lipinski definition) is 3. The smallest absolute Gasteiger partial charge is 0.137 e. The zero-order chi connectivity index (χ0) is 50.8. The third-order valence-corrected chi connectivity index (χ3v) is 15.6. The van der Waals surface area contributed by atoms with Crippen molar-refractivity contribution in [2.45, 2.75) is 5.92 Å². The van der Waals surface area contributed by atoms with Crippen LogP contribution in [0.3, 0.4) is 0 Å². The van der Waals surface area contributed by atoms with E-state index in [9.17, 15) is 0 Å². The normalized spacial score (nSPS) is 12.1. The lowest BCUT2D eigenvalue weighted by Crippen LogP contribution is -2.10. The van der Waals surface area contributed by atoms with Gasteiger partial charge >= 0.3 is 0 Å². The van der Waals surface area contributed by atoms with Crippen molar-refractivity contribution in [1.29, 1.82) is 0 Å². The minimum Gasteiger partial charge on any atom is -0.456 e. The van der Waals surface area contributed by atoms with Gasteiger partial charge in [0.15, 0.2) is 0 Å². The van der Waals surface area contributed by atoms with Crippen LogP contribution in [0.4, 0.5) is 34.1 Å². The fraction of sp³-hybridized carbons (Fsp3) is 0.0137. The molecule has 0 aliphatic heterocycles. The molecule has 0 amide bonds. The highest BCUT2D eigenvalue weighted by molar-refractivity contribution is 6.13. The summed E-state index contributed by atoms with van der Waals surface area (Å²) >= 11 is 0. The van der Waals surface area contributed by atoms with E-state index >= 15 is 0 Å². The molecule has 0 radical (unpaired) electrons. The maximum absolute atomic E-state index is 6.83. The van der Waals surface area contributed by atoms with E-state index in [-0.39, 0.29) is 5.92 Å². The highest BCUT2D eigenvalue weighted by Gasteiger charge is 2.25. The Bertz CT molecular complexity index is 4700. The Morgan fingerprint density at radius 1 is 0.286 bits per heavy atom. The first-order valence-electron chi connectivity index (χ1n) is 26.4. The molecule has 0 saturated carbocycles. The molecule has 4 nitrogen and oxygen atoms in total. The van der Waals surface area contributed by atoms with Crippen LogP contribution in [0.1, 0.15) is 22.6 Å². The Labute approximate surface area is 446 Å². The lowest BCUT2D eigenvalue weighted by molar-refractivity contribution is 0.669. The summed E-state index contributed by atoms with van der Waals surface area (Å²) < 4.78 is 9.27. The molecule has 0 fully saturated rings. The number of hydrogen-bond donors (Lipinski definition) is 0. The number of aromatic nitrogens is 1. The van der Waals surface area contributed by atoms with Crippen molar-refractivity contribution in [3.8, 4) is 5.69 Å². The number of benzene rings is 13. The Hall–Kier alpha value is -10.2. The zero-order valence-electron chi connectivity index (χ0n) is 42.0. The van der Waals surface area contributed by atoms with E-state index in [0.29, 0.717) is 0 Å². The fourth-order valence-corrected chi connectivity index (χ4v) is 12.2. The maximum Gasteiger partial charge on any atom is 0.137 e. The van der Waals surface area contributed by atoms with Crippen molar-refractivity contribution < 1.29 is 4.42 Å². The van der Waals surface area contributed by atoms with Gasteiger partial charge < -0.3 is 18.8 Å². The molecule has 77 heavy (non-hydrogen) atoms. The number of furan rings is 1. The van der Waals surface area contributed by atoms with Gasteiger partial charge in [-0.3, -0.25) is 0 Å². The fourth-order valence-electron chi connectivity index (χ4n) is 12.2. The average Bonchev–Trinajstić information content (AvgIpc) is 4.05. The van der Waals surface area contributed by atoms with Crippen LogP contribution >= 0.6 is 0 Å². The molecule has 2 aromatic heterocycles. The van der Waals surface area contributed by atoms with Gasteiger partial charge in [-0.15, -0.1) is 0 Å². The summed E-state index contributed by atoms with van der Waals surface area (Å²) in [7, 11) is 0. The van der Waals surface area contributed by atoms with Gasteiger partial charge in [0.25, 0.3) is 0 Å². The van der Waals surface area contributed by atoms with E-state index in [0.717, 1.165) is 72.8 Å². The van der Waals surface area contributed by atoms with E-state index in [4.69, 9.17) is 4.42 Å². The second kappa shape index (κ2) is 18.3. The van der Waals surface area contributed by atoms with Gasteiger partial charge in [-0.25, -0.2) is 0 Å². The van der Waals surface area contributed by atoms with Crippen LogP contribution in [-0.2, 0) is 0 Å². The molecule has 4 heteroatoms. The van der Waals surface area contributed by atoms with Crippen molar-refractivity contribution in [3.05, 3.63) is 308 Å². The van der Waals surface area contributed by atoms with Crippen LogP contribution in [0.15, 0.2) is 296 Å². The monoisotopic (exact) mass is 983 g/mol. The van der Waals surface area contributed by atoms with Crippen molar-refractivity contribution in [2.24, 2.45) is 0 Å². The van der Waals surface area contributed by atoms with Crippen molar-refractivity contribution in [1.82, 2.24) is 4.57 Å². The predicted molar refractivity (Wildman–Crippen MR) is 324 cm³/mol. The summed E-state index contributed by atoms with van der Waals surface area (Å²) in [5.41, 5.74) is 15.3. The number of rotatable bonds is 10. The van der Waals surface area contributed by atoms with Gasteiger partial charge in [-0.1, -0.05) is 194 Å². The number of para-hydroxylation sites is 2. The predicted octanol–water partition coefficient (Wildman–Crippen LogP) is 20.3. The highest BCUT2D eigenvalue weighted by atomic mass is 16.3. The molecule has 1 atom stereocenters. The summed E-state index contributed by atoms with van der Waals surface area (Å²) in [6, 6.07) is 106. The third kappa shape index (κ3) is 7.52. The lowest BCUT2D eigenvalue weighted by atomic mass is 9.82. The van der Waals surface area contributed by atoms with Crippen LogP contribution in [0.2, 0.25) is 0 Å². The second-order valence-corrected chi connectivity index (χ2v) is 20.0. The third-order valence-electron chi connectivity index (χ3n) is 15.6. The van der Waals surface area contributed by atoms with Crippen molar-refractivity contribution in [2.75, 3.05) is 9.80 Å². The van der Waals surface area contributed by atoms with E-state index in [1.165, 1.54) is 59.8 Å². The van der Waals surface area contributed by atoms with Gasteiger partial charge in [-0.2, -0.15) is 0 Å². The minimum atomic E-state index is 0.0236.